The second-order valence-corrected chi connectivity index (χ2v) is 5.27. The van der Waals surface area contributed by atoms with E-state index in [9.17, 15) is 13.2 Å². The first-order chi connectivity index (χ1) is 7.55. The second kappa shape index (κ2) is 6.56. The van der Waals surface area contributed by atoms with Crippen LogP contribution in [0.2, 0.25) is 0 Å². The van der Waals surface area contributed by atoms with Crippen LogP contribution in [0.5, 0.6) is 0 Å². The highest BCUT2D eigenvalue weighted by atomic mass is 19.4. The van der Waals surface area contributed by atoms with E-state index in [0.29, 0.717) is 6.54 Å². The number of hydrogen-bond donors (Lipinski definition) is 1. The maximum absolute atomic E-state index is 12.3. The lowest BCUT2D eigenvalue weighted by Crippen LogP contribution is -2.50. The van der Waals surface area contributed by atoms with Gasteiger partial charge < -0.3 is 10.1 Å². The molecule has 1 N–H and O–H groups in total. The molecule has 0 radical (unpaired) electrons. The molecule has 0 rings (SSSR count). The van der Waals surface area contributed by atoms with Crippen molar-refractivity contribution in [3.8, 4) is 0 Å². The van der Waals surface area contributed by atoms with Gasteiger partial charge in [-0.15, -0.1) is 0 Å². The van der Waals surface area contributed by atoms with Crippen molar-refractivity contribution in [3.63, 3.8) is 0 Å². The van der Waals surface area contributed by atoms with Crippen LogP contribution < -0.4 is 5.32 Å². The van der Waals surface area contributed by atoms with Crippen LogP contribution in [0.25, 0.3) is 0 Å². The van der Waals surface area contributed by atoms with E-state index >= 15 is 0 Å². The summed E-state index contributed by atoms with van der Waals surface area (Å²) in [7, 11) is 2.95. The standard InChI is InChI=1S/C11H23F3N2O/c1-10(2,3)15-6-9(7-17-5)16(4)8-11(12,13)14/h9,15H,6-8H2,1-5H3. The molecule has 0 aliphatic carbocycles. The lowest BCUT2D eigenvalue weighted by Gasteiger charge is -2.31. The average molecular weight is 256 g/mol. The Morgan fingerprint density at radius 3 is 2.12 bits per heavy atom. The molecular formula is C11H23F3N2O. The Balaban J connectivity index is 4.31. The Bertz CT molecular complexity index is 214. The second-order valence-electron chi connectivity index (χ2n) is 5.27. The molecule has 1 atom stereocenters. The van der Waals surface area contributed by atoms with Crippen LogP contribution in [0.3, 0.4) is 0 Å². The zero-order valence-electron chi connectivity index (χ0n) is 11.2. The lowest BCUT2D eigenvalue weighted by molar-refractivity contribution is -0.149. The van der Waals surface area contributed by atoms with Crippen LogP contribution in [0.1, 0.15) is 20.8 Å². The number of ether oxygens (including phenoxy) is 1. The molecule has 0 aromatic carbocycles. The van der Waals surface area contributed by atoms with Gasteiger partial charge in [0.25, 0.3) is 0 Å². The Kier molecular flexibility index (Phi) is 6.43. The highest BCUT2D eigenvalue weighted by Crippen LogP contribution is 2.17. The third-order valence-corrected chi connectivity index (χ3v) is 2.28. The van der Waals surface area contributed by atoms with Crippen LogP contribution in [-0.2, 0) is 4.74 Å². The molecule has 0 aliphatic heterocycles. The molecule has 6 heteroatoms. The van der Waals surface area contributed by atoms with Gasteiger partial charge in [-0.25, -0.2) is 0 Å². The Hall–Kier alpha value is -0.330. The van der Waals surface area contributed by atoms with Gasteiger partial charge in [0.1, 0.15) is 0 Å². The molecule has 0 amide bonds. The summed E-state index contributed by atoms with van der Waals surface area (Å²) in [4.78, 5) is 1.27. The van der Waals surface area contributed by atoms with E-state index in [1.54, 1.807) is 0 Å². The van der Waals surface area contributed by atoms with Gasteiger partial charge in [0.2, 0.25) is 0 Å². The van der Waals surface area contributed by atoms with E-state index in [-0.39, 0.29) is 18.2 Å². The molecule has 0 bridgehead atoms. The molecule has 0 aromatic heterocycles. The number of methoxy groups -OCH3 is 1. The topological polar surface area (TPSA) is 24.5 Å². The maximum Gasteiger partial charge on any atom is 0.401 e. The van der Waals surface area contributed by atoms with Crippen LogP contribution in [-0.4, -0.2) is 56.5 Å². The van der Waals surface area contributed by atoms with Gasteiger partial charge in [0.15, 0.2) is 0 Å². The first-order valence-electron chi connectivity index (χ1n) is 5.56. The predicted octanol–water partition coefficient (Wildman–Crippen LogP) is 1.88. The minimum absolute atomic E-state index is 0.120. The van der Waals surface area contributed by atoms with Gasteiger partial charge in [-0.2, -0.15) is 13.2 Å². The van der Waals surface area contributed by atoms with Gasteiger partial charge in [0, 0.05) is 25.2 Å². The predicted molar refractivity (Wildman–Crippen MR) is 62.1 cm³/mol. The molecule has 3 nitrogen and oxygen atoms in total. The number of nitrogens with one attached hydrogen (secondary N) is 1. The van der Waals surface area contributed by atoms with Gasteiger partial charge in [0.05, 0.1) is 13.2 Å². The van der Waals surface area contributed by atoms with Crippen molar-refractivity contribution in [2.75, 3.05) is 33.9 Å². The normalized spacial score (nSPS) is 15.4. The van der Waals surface area contributed by atoms with E-state index in [4.69, 9.17) is 4.74 Å². The zero-order chi connectivity index (χ0) is 13.7. The number of rotatable bonds is 6. The Morgan fingerprint density at radius 2 is 1.76 bits per heavy atom. The first kappa shape index (κ1) is 16.7. The summed E-state index contributed by atoms with van der Waals surface area (Å²) < 4.78 is 41.8. The fraction of sp³-hybridized carbons (Fsp3) is 1.00. The van der Waals surface area contributed by atoms with Crippen LogP contribution in [0.4, 0.5) is 13.2 Å². The van der Waals surface area contributed by atoms with E-state index in [1.807, 2.05) is 20.8 Å². The van der Waals surface area contributed by atoms with Gasteiger partial charge in [-0.1, -0.05) is 0 Å². The van der Waals surface area contributed by atoms with Crippen LogP contribution >= 0.6 is 0 Å². The minimum Gasteiger partial charge on any atom is -0.383 e. The van der Waals surface area contributed by atoms with E-state index in [0.717, 1.165) is 0 Å². The Morgan fingerprint density at radius 1 is 1.24 bits per heavy atom. The SMILES string of the molecule is COCC(CNC(C)(C)C)N(C)CC(F)(F)F. The van der Waals surface area contributed by atoms with Gasteiger partial charge in [-0.3, -0.25) is 4.90 Å². The summed E-state index contributed by atoms with van der Waals surface area (Å²) in [5, 5.41) is 3.18. The summed E-state index contributed by atoms with van der Waals surface area (Å²) in [6, 6.07) is -0.291. The number of hydrogen-bond acceptors (Lipinski definition) is 3. The zero-order valence-corrected chi connectivity index (χ0v) is 11.2. The average Bonchev–Trinajstić information content (AvgIpc) is 2.07. The molecule has 17 heavy (non-hydrogen) atoms. The smallest absolute Gasteiger partial charge is 0.383 e. The quantitative estimate of drug-likeness (QED) is 0.785. The fourth-order valence-electron chi connectivity index (χ4n) is 1.37. The van der Waals surface area contributed by atoms with Crippen molar-refractivity contribution in [1.82, 2.24) is 10.2 Å². The summed E-state index contributed by atoms with van der Waals surface area (Å²) in [5.41, 5.74) is -0.120. The molecule has 0 saturated carbocycles. The van der Waals surface area contributed by atoms with Crippen molar-refractivity contribution >= 4 is 0 Å². The van der Waals surface area contributed by atoms with Crippen molar-refractivity contribution in [2.24, 2.45) is 0 Å². The highest BCUT2D eigenvalue weighted by Gasteiger charge is 2.32. The molecule has 1 unspecified atom stereocenters. The highest BCUT2D eigenvalue weighted by molar-refractivity contribution is 4.78. The number of nitrogens with zero attached hydrogens (tertiary/aromatic N) is 1. The van der Waals surface area contributed by atoms with Crippen LogP contribution in [0.15, 0.2) is 0 Å². The monoisotopic (exact) mass is 256 g/mol. The Labute approximate surface area is 101 Å². The third-order valence-electron chi connectivity index (χ3n) is 2.28. The summed E-state index contributed by atoms with van der Waals surface area (Å²) in [6.07, 6.45) is -4.18. The summed E-state index contributed by atoms with van der Waals surface area (Å²) in [5.74, 6) is 0. The van der Waals surface area contributed by atoms with Crippen molar-refractivity contribution in [2.45, 2.75) is 38.5 Å². The first-order valence-corrected chi connectivity index (χ1v) is 5.56. The molecular weight excluding hydrogens is 233 g/mol. The van der Waals surface area contributed by atoms with E-state index in [1.165, 1.54) is 19.1 Å². The molecule has 0 aromatic rings. The van der Waals surface area contributed by atoms with E-state index < -0.39 is 12.7 Å². The molecule has 0 heterocycles. The number of alkyl halides is 3. The van der Waals surface area contributed by atoms with Crippen molar-refractivity contribution in [3.05, 3.63) is 0 Å². The summed E-state index contributed by atoms with van der Waals surface area (Å²) >= 11 is 0. The largest absolute Gasteiger partial charge is 0.401 e. The van der Waals surface area contributed by atoms with Gasteiger partial charge in [-0.05, 0) is 27.8 Å². The molecule has 0 aliphatic rings. The lowest BCUT2D eigenvalue weighted by atomic mass is 10.1. The summed E-state index contributed by atoms with van der Waals surface area (Å²) in [6.45, 7) is 5.73. The van der Waals surface area contributed by atoms with E-state index in [2.05, 4.69) is 5.32 Å². The van der Waals surface area contributed by atoms with Crippen LogP contribution in [0, 0.1) is 0 Å². The molecule has 0 saturated heterocycles. The molecule has 104 valence electrons. The third kappa shape index (κ3) is 9.38. The minimum atomic E-state index is -4.18. The number of likely N-dealkylation sites (N-methyl/N-ethyl adjacent to an activating group) is 1. The van der Waals surface area contributed by atoms with Crippen molar-refractivity contribution in [1.29, 1.82) is 0 Å². The fourth-order valence-corrected chi connectivity index (χ4v) is 1.37. The maximum atomic E-state index is 12.3. The van der Waals surface area contributed by atoms with Gasteiger partial charge >= 0.3 is 6.18 Å². The number of halogens is 3. The molecule has 0 spiro atoms. The molecule has 0 fully saturated rings. The van der Waals surface area contributed by atoms with Crippen molar-refractivity contribution < 1.29 is 17.9 Å².